The van der Waals surface area contributed by atoms with E-state index in [0.717, 1.165) is 129 Å². The fourth-order valence-electron chi connectivity index (χ4n) is 13.1. The van der Waals surface area contributed by atoms with Crippen molar-refractivity contribution in [3.63, 3.8) is 0 Å². The molecule has 0 aliphatic carbocycles. The minimum absolute atomic E-state index is 0. The molecule has 3 saturated heterocycles. The molecule has 0 aromatic carbocycles. The molecule has 10 rings (SSSR count). The van der Waals surface area contributed by atoms with Crippen LogP contribution in [0.25, 0.3) is 33.5 Å². The van der Waals surface area contributed by atoms with Crippen LogP contribution in [0.2, 0.25) is 5.15 Å². The van der Waals surface area contributed by atoms with Crippen LogP contribution in [0.4, 0.5) is 11.6 Å². The van der Waals surface area contributed by atoms with Gasteiger partial charge < -0.3 is 133 Å². The number of aliphatic hydroxyl groups excluding tert-OH is 10. The standard InChI is InChI=1S/C29H45N9O10.C19H28N6O4.C10H11ClN4O4.C10H20N2.C9H18N2.C7H18N2.C4H6.CH4/c1-18(40)28(43)47-19(2)29(44)46-12-11-45-10-9-37-14-20(35-36-37)13-30-7-5-3-4-6-8-31-25-22-26(33-16-32-25)38(17-34-22)27-24(42)23(41)21(15-39)48-27;1-2-7-20-8-5-3-4-6-9-21-17-14-18(23-11-22-17)25(12-24-14)19-16(28)15(27)13(10-26)29-19;11-8-5-9(13-2-12-8)15(3-14-5)10-7(18)6(17)4(1-16)19-10;1-3-8-12-10-7-5-4-6-9-11-2;1-2-8-11-9-6-4-3-5-7-10;1-9-7-5-3-2-4-6-8;1-3-4-2;/h14,16-19,21,23-24,27,30,39-42H,3-13,15H2,1-2H3,(H,31,32,33);1,11-13,15-16,19-20,26-28H,3-10H2,(H,21,22,23);2-4,6-7,10,16-18H,1H2;1,11-12H,4-10H2,2H3;1,11H,3-10H2;9H,2-8H2,1H3;1H,4H2,2H3;1H4/t18?,19?,21-,23?,24+,27-;13-,15?,16+,19-;4-,6?,7+,10-;;;;;/m111...../s1. The second-order valence-electron chi connectivity index (χ2n) is 30.9. The first-order valence-corrected chi connectivity index (χ1v) is 45.8. The maximum absolute atomic E-state index is 11.8. The Balaban J connectivity index is 0.000000453. The molecule has 22 N–H and O–H groups in total. The number of nitrogens with two attached hydrogens (primary N) is 2. The van der Waals surface area contributed by atoms with Crippen LogP contribution in [0.15, 0.2) is 44.2 Å². The highest BCUT2D eigenvalue weighted by atomic mass is 35.5. The lowest BCUT2D eigenvalue weighted by Gasteiger charge is -2.16. The van der Waals surface area contributed by atoms with Gasteiger partial charge in [-0.15, -0.1) is 36.7 Å². The molecule has 0 radical (unpaired) electrons. The molecule has 3 fully saturated rings. The van der Waals surface area contributed by atoms with Gasteiger partial charge in [0.25, 0.3) is 0 Å². The zero-order valence-electron chi connectivity index (χ0n) is 77.1. The Morgan fingerprint density at radius 3 is 1.23 bits per heavy atom. The van der Waals surface area contributed by atoms with E-state index in [4.69, 9.17) is 87.4 Å². The van der Waals surface area contributed by atoms with E-state index in [1.165, 1.54) is 132 Å². The van der Waals surface area contributed by atoms with Gasteiger partial charge in [0.1, 0.15) is 92.1 Å². The number of hydrogen-bond donors (Lipinski definition) is 20. The minimum Gasteiger partial charge on any atom is -0.461 e. The van der Waals surface area contributed by atoms with Crippen LogP contribution in [-0.2, 0) is 51.1 Å². The number of rotatable bonds is 55. The molecule has 0 saturated carbocycles. The Hall–Kier alpha value is -9.02. The molecular formula is C89H150ClN25O18. The van der Waals surface area contributed by atoms with Gasteiger partial charge in [-0.2, -0.15) is 0 Å². The lowest BCUT2D eigenvalue weighted by Crippen LogP contribution is -2.33. The molecule has 133 heavy (non-hydrogen) atoms. The maximum atomic E-state index is 11.8. The molecule has 43 nitrogen and oxygen atoms in total. The van der Waals surface area contributed by atoms with E-state index in [-0.39, 0.29) is 32.4 Å². The first-order valence-electron chi connectivity index (χ1n) is 45.5. The van der Waals surface area contributed by atoms with Gasteiger partial charge >= 0.3 is 11.9 Å². The topological polar surface area (TPSA) is 602 Å². The monoisotopic (exact) mass is 1890 g/mol. The number of esters is 2. The number of terminal acetylenes is 4. The van der Waals surface area contributed by atoms with Crippen molar-refractivity contribution in [1.82, 2.24) is 105 Å². The number of carbonyl (C=O) groups is 2. The molecule has 10 heterocycles. The van der Waals surface area contributed by atoms with Crippen molar-refractivity contribution in [3.8, 4) is 49.4 Å². The fourth-order valence-corrected chi connectivity index (χ4v) is 13.3. The second kappa shape index (κ2) is 72.4. The van der Waals surface area contributed by atoms with E-state index in [0.29, 0.717) is 91.0 Å². The van der Waals surface area contributed by atoms with Crippen molar-refractivity contribution in [2.45, 2.75) is 262 Å². The molecule has 44 heteroatoms. The number of unbranched alkanes of at least 4 members (excludes halogenated alkanes) is 15. The summed E-state index contributed by atoms with van der Waals surface area (Å²) in [4.78, 5) is 60.8. The van der Waals surface area contributed by atoms with Gasteiger partial charge in [0.2, 0.25) is 0 Å². The Morgan fingerprint density at radius 2 is 0.857 bits per heavy atom. The van der Waals surface area contributed by atoms with E-state index in [1.54, 1.807) is 9.25 Å². The zero-order chi connectivity index (χ0) is 96.5. The highest BCUT2D eigenvalue weighted by molar-refractivity contribution is 6.33. The smallest absolute Gasteiger partial charge is 0.347 e. The summed E-state index contributed by atoms with van der Waals surface area (Å²) in [6.07, 6.45) is 39.8. The lowest BCUT2D eigenvalue weighted by molar-refractivity contribution is -0.172. The van der Waals surface area contributed by atoms with Crippen molar-refractivity contribution in [2.24, 2.45) is 11.5 Å². The van der Waals surface area contributed by atoms with E-state index >= 15 is 0 Å². The summed E-state index contributed by atoms with van der Waals surface area (Å²) in [5, 5.41) is 131. The first kappa shape index (κ1) is 118. The van der Waals surface area contributed by atoms with E-state index in [1.807, 2.05) is 27.2 Å². The molecule has 746 valence electrons. The Morgan fingerprint density at radius 1 is 0.489 bits per heavy atom. The van der Waals surface area contributed by atoms with Crippen molar-refractivity contribution in [1.29, 1.82) is 0 Å². The number of halogens is 1. The molecule has 7 aromatic heterocycles. The summed E-state index contributed by atoms with van der Waals surface area (Å²) in [7, 11) is 3.98. The molecule has 0 spiro atoms. The molecule has 14 atom stereocenters. The number of imidazole rings is 3. The van der Waals surface area contributed by atoms with Crippen LogP contribution in [0.5, 0.6) is 0 Å². The summed E-state index contributed by atoms with van der Waals surface area (Å²) >= 11 is 5.88. The number of aromatic nitrogens is 15. The van der Waals surface area contributed by atoms with Crippen LogP contribution < -0.4 is 54.0 Å². The molecule has 7 aromatic rings. The summed E-state index contributed by atoms with van der Waals surface area (Å²) in [5.41, 5.74) is 14.3. The Labute approximate surface area is 786 Å². The van der Waals surface area contributed by atoms with Crippen LogP contribution in [-0.4, -0.2) is 343 Å². The zero-order valence-corrected chi connectivity index (χ0v) is 77.9. The van der Waals surface area contributed by atoms with Gasteiger partial charge in [-0.25, -0.2) is 59.1 Å². The number of nitrogens with one attached hydrogen (secondary N) is 8. The summed E-state index contributed by atoms with van der Waals surface area (Å²) in [6, 6.07) is 0. The highest BCUT2D eigenvalue weighted by Crippen LogP contribution is 2.35. The normalized spacial score (nSPS) is 19.6. The quantitative estimate of drug-likeness (QED) is 0.0111. The average molecular weight is 1890 g/mol. The van der Waals surface area contributed by atoms with Crippen molar-refractivity contribution < 1.29 is 89.1 Å². The van der Waals surface area contributed by atoms with Crippen LogP contribution in [0.3, 0.4) is 0 Å². The number of anilines is 2. The predicted octanol–water partition coefficient (Wildman–Crippen LogP) is 1.50. The SMILES string of the molecule is C.C#CCC.C#CCNCCCCCCN.C#CCNCCCCCCNC.C#CCNCCCCCCNc1ncnc2c1ncn2[C@@H]1O[C@H](CO)C(O)[C@@H]1O.CC(O)C(=O)OC(C)C(=O)OCCOCCn1cc(CNCCCCCCNc2ncnc3c2ncn3[C@@H]2O[C@H](CO)C(O)[C@@H]2O)nn1.CNCCCCCCN.OC[C@H]1O[C@@H](n2cnc3c(Cl)ncnc32)[C@@H](O)C1O. The second-order valence-corrected chi connectivity index (χ2v) is 31.2. The van der Waals surface area contributed by atoms with Gasteiger partial charge in [-0.05, 0) is 145 Å². The number of nitrogens with zero attached hydrogens (tertiary/aromatic N) is 15. The van der Waals surface area contributed by atoms with E-state index in [9.17, 15) is 50.4 Å². The maximum Gasteiger partial charge on any atom is 0.347 e. The fraction of sp³-hybridized carbons (Fsp3) is 0.697. The van der Waals surface area contributed by atoms with Gasteiger partial charge in [0.05, 0.1) is 83.9 Å². The molecular weight excluding hydrogens is 1740 g/mol. The molecule has 0 amide bonds. The molecule has 5 unspecified atom stereocenters. The van der Waals surface area contributed by atoms with Crippen molar-refractivity contribution in [3.05, 3.63) is 55.0 Å². The third-order valence-electron chi connectivity index (χ3n) is 20.5. The first-order chi connectivity index (χ1) is 64.1. The van der Waals surface area contributed by atoms with Crippen molar-refractivity contribution >= 4 is 68.7 Å². The molecule has 3 aliphatic heterocycles. The third kappa shape index (κ3) is 43.7. The van der Waals surface area contributed by atoms with Crippen LogP contribution in [0, 0.1) is 49.4 Å². The van der Waals surface area contributed by atoms with Gasteiger partial charge in [0, 0.05) is 32.3 Å². The Bertz CT molecular complexity index is 4370. The predicted molar refractivity (Wildman–Crippen MR) is 507 cm³/mol. The van der Waals surface area contributed by atoms with Crippen LogP contribution >= 0.6 is 11.6 Å². The minimum atomic E-state index is -1.32. The average Bonchev–Trinajstić information content (AvgIpc) is 1.63. The van der Waals surface area contributed by atoms with Gasteiger partial charge in [0.15, 0.2) is 69.6 Å². The largest absolute Gasteiger partial charge is 0.461 e. The van der Waals surface area contributed by atoms with E-state index in [2.05, 4.69) is 121 Å². The number of carbonyl (C=O) groups excluding carboxylic acids is 2. The van der Waals surface area contributed by atoms with E-state index < -0.39 is 111 Å². The number of ether oxygens (including phenoxy) is 6. The van der Waals surface area contributed by atoms with Gasteiger partial charge in [-0.3, -0.25) is 13.7 Å². The number of fused-ring (bicyclic) bond motifs is 3. The highest BCUT2D eigenvalue weighted by Gasteiger charge is 2.46. The third-order valence-corrected chi connectivity index (χ3v) is 20.7. The number of aliphatic hydroxyl groups is 10. The Kier molecular flexibility index (Phi) is 64.3. The van der Waals surface area contributed by atoms with Crippen LogP contribution in [0.1, 0.15) is 187 Å². The lowest BCUT2D eigenvalue weighted by atomic mass is 10.1. The van der Waals surface area contributed by atoms with Crippen molar-refractivity contribution in [2.75, 3.05) is 149 Å². The summed E-state index contributed by atoms with van der Waals surface area (Å²) < 4.78 is 38.0. The summed E-state index contributed by atoms with van der Waals surface area (Å²) in [6.45, 7) is 16.2. The molecule has 3 aliphatic rings. The summed E-state index contributed by atoms with van der Waals surface area (Å²) in [5.74, 6) is 9.64. The van der Waals surface area contributed by atoms with Gasteiger partial charge in [-0.1, -0.05) is 113 Å². The molecule has 0 bridgehead atoms. The number of hydrogen-bond acceptors (Lipinski definition) is 39.